The zero-order valence-electron chi connectivity index (χ0n) is 14.2. The lowest BCUT2D eigenvalue weighted by molar-refractivity contribution is 0.0679. The Morgan fingerprint density at radius 1 is 1.17 bits per heavy atom. The summed E-state index contributed by atoms with van der Waals surface area (Å²) in [4.78, 5) is 19.3. The number of rotatable bonds is 1. The van der Waals surface area contributed by atoms with E-state index < -0.39 is 0 Å². The molecule has 1 aromatic rings. The summed E-state index contributed by atoms with van der Waals surface area (Å²) >= 11 is 0. The fourth-order valence-corrected chi connectivity index (χ4v) is 4.21. The van der Waals surface area contributed by atoms with E-state index in [2.05, 4.69) is 16.8 Å². The maximum atomic E-state index is 13.6. The van der Waals surface area contributed by atoms with Gasteiger partial charge in [0.25, 0.3) is 5.91 Å². The van der Waals surface area contributed by atoms with E-state index in [1.165, 1.54) is 18.2 Å². The van der Waals surface area contributed by atoms with Crippen molar-refractivity contribution in [3.63, 3.8) is 0 Å². The number of benzene rings is 1. The Labute approximate surface area is 142 Å². The van der Waals surface area contributed by atoms with Crippen molar-refractivity contribution in [3.05, 3.63) is 29.6 Å². The summed E-state index contributed by atoms with van der Waals surface area (Å²) in [7, 11) is 3.99. The van der Waals surface area contributed by atoms with Gasteiger partial charge in [-0.15, -0.1) is 0 Å². The molecule has 3 aliphatic rings. The number of carbonyl (C=O) groups excluding carboxylic acids is 1. The number of piperidine rings is 1. The molecule has 2 unspecified atom stereocenters. The molecule has 24 heavy (non-hydrogen) atoms. The molecule has 2 fully saturated rings. The van der Waals surface area contributed by atoms with Crippen LogP contribution in [0.4, 0.5) is 4.39 Å². The van der Waals surface area contributed by atoms with Crippen molar-refractivity contribution in [1.82, 2.24) is 14.7 Å². The van der Waals surface area contributed by atoms with Gasteiger partial charge < -0.3 is 14.5 Å². The van der Waals surface area contributed by atoms with Crippen LogP contribution in [0.2, 0.25) is 0 Å². The van der Waals surface area contributed by atoms with E-state index in [-0.39, 0.29) is 23.9 Å². The number of hydrogen-bond acceptors (Lipinski definition) is 4. The summed E-state index contributed by atoms with van der Waals surface area (Å²) in [6.07, 6.45) is 2.21. The molecule has 0 radical (unpaired) electrons. The molecule has 3 heterocycles. The highest BCUT2D eigenvalue weighted by Gasteiger charge is 2.44. The zero-order valence-corrected chi connectivity index (χ0v) is 14.2. The summed E-state index contributed by atoms with van der Waals surface area (Å²) in [5.41, 5.74) is 0.458. The molecule has 2 saturated heterocycles. The van der Waals surface area contributed by atoms with Crippen LogP contribution in [0.15, 0.2) is 18.2 Å². The number of fused-ring (bicyclic) bond motifs is 2. The summed E-state index contributed by atoms with van der Waals surface area (Å²) < 4.78 is 19.7. The van der Waals surface area contributed by atoms with Gasteiger partial charge in [-0.3, -0.25) is 9.69 Å². The number of likely N-dealkylation sites (tertiary alicyclic amines) is 2. The van der Waals surface area contributed by atoms with E-state index in [9.17, 15) is 9.18 Å². The van der Waals surface area contributed by atoms with E-state index in [4.69, 9.17) is 4.74 Å². The third kappa shape index (κ3) is 2.67. The maximum Gasteiger partial charge on any atom is 0.257 e. The first-order valence-electron chi connectivity index (χ1n) is 8.69. The van der Waals surface area contributed by atoms with Crippen molar-refractivity contribution in [2.75, 3.05) is 40.3 Å². The van der Waals surface area contributed by atoms with Gasteiger partial charge in [0.05, 0.1) is 11.6 Å². The van der Waals surface area contributed by atoms with Crippen LogP contribution in [0.3, 0.4) is 0 Å². The second kappa shape index (κ2) is 6.01. The van der Waals surface area contributed by atoms with E-state index in [1.807, 2.05) is 7.05 Å². The first-order valence-corrected chi connectivity index (χ1v) is 8.69. The van der Waals surface area contributed by atoms with Crippen molar-refractivity contribution >= 4 is 5.91 Å². The van der Waals surface area contributed by atoms with E-state index >= 15 is 0 Å². The Bertz CT molecular complexity index is 645. The van der Waals surface area contributed by atoms with Gasteiger partial charge >= 0.3 is 0 Å². The standard InChI is InChI=1S/C18H24FN3O2/c1-20-7-5-13(6-8-20)22-10-15-17(11-22)24-16-9-12(19)3-4-14(16)18(23)21(15)2/h3-4,9,13,15,17H,5-8,10-11H2,1-2H3. The fraction of sp³-hybridized carbons (Fsp3) is 0.611. The van der Waals surface area contributed by atoms with Crippen LogP contribution < -0.4 is 4.74 Å². The minimum Gasteiger partial charge on any atom is -0.486 e. The molecule has 0 saturated carbocycles. The number of likely N-dealkylation sites (N-methyl/N-ethyl adjacent to an activating group) is 1. The Morgan fingerprint density at radius 2 is 1.92 bits per heavy atom. The van der Waals surface area contributed by atoms with Gasteiger partial charge in [0, 0.05) is 32.2 Å². The molecule has 0 spiro atoms. The number of hydrogen-bond donors (Lipinski definition) is 0. The van der Waals surface area contributed by atoms with Crippen molar-refractivity contribution in [2.45, 2.75) is 31.0 Å². The average molecular weight is 333 g/mol. The van der Waals surface area contributed by atoms with Crippen molar-refractivity contribution in [2.24, 2.45) is 0 Å². The SMILES string of the molecule is CN1CCC(N2CC3Oc4cc(F)ccc4C(=O)N(C)C3C2)CC1. The predicted octanol–water partition coefficient (Wildman–Crippen LogP) is 1.44. The normalized spacial score (nSPS) is 29.1. The van der Waals surface area contributed by atoms with Gasteiger partial charge in [-0.05, 0) is 45.1 Å². The smallest absolute Gasteiger partial charge is 0.257 e. The van der Waals surface area contributed by atoms with Crippen LogP contribution in [0.5, 0.6) is 5.75 Å². The Kier molecular flexibility index (Phi) is 3.96. The highest BCUT2D eigenvalue weighted by atomic mass is 19.1. The maximum absolute atomic E-state index is 13.6. The van der Waals surface area contributed by atoms with Crippen LogP contribution in [-0.4, -0.2) is 79.1 Å². The molecule has 130 valence electrons. The zero-order chi connectivity index (χ0) is 16.8. The van der Waals surface area contributed by atoms with E-state index in [0.717, 1.165) is 39.0 Å². The summed E-state index contributed by atoms with van der Waals surface area (Å²) in [5.74, 6) is -0.0693. The number of halogens is 1. The molecular formula is C18H24FN3O2. The fourth-order valence-electron chi connectivity index (χ4n) is 4.21. The van der Waals surface area contributed by atoms with Crippen LogP contribution in [0.25, 0.3) is 0 Å². The van der Waals surface area contributed by atoms with E-state index in [1.54, 1.807) is 4.90 Å². The van der Waals surface area contributed by atoms with Gasteiger partial charge in [-0.2, -0.15) is 0 Å². The highest BCUT2D eigenvalue weighted by molar-refractivity contribution is 5.97. The van der Waals surface area contributed by atoms with Crippen molar-refractivity contribution in [1.29, 1.82) is 0 Å². The van der Waals surface area contributed by atoms with Crippen LogP contribution >= 0.6 is 0 Å². The molecule has 4 rings (SSSR count). The van der Waals surface area contributed by atoms with Crippen LogP contribution in [0, 0.1) is 5.82 Å². The molecule has 3 aliphatic heterocycles. The summed E-state index contributed by atoms with van der Waals surface area (Å²) in [6, 6.07) is 4.75. The van der Waals surface area contributed by atoms with Gasteiger partial charge in [0.1, 0.15) is 17.7 Å². The van der Waals surface area contributed by atoms with Gasteiger partial charge in [-0.1, -0.05) is 0 Å². The van der Waals surface area contributed by atoms with Crippen LogP contribution in [-0.2, 0) is 0 Å². The minimum atomic E-state index is -0.368. The quantitative estimate of drug-likeness (QED) is 0.779. The molecule has 2 atom stereocenters. The van der Waals surface area contributed by atoms with Gasteiger partial charge in [0.2, 0.25) is 0 Å². The molecule has 1 amide bonds. The monoisotopic (exact) mass is 333 g/mol. The minimum absolute atomic E-state index is 0.0209. The number of ether oxygens (including phenoxy) is 1. The van der Waals surface area contributed by atoms with Crippen LogP contribution in [0.1, 0.15) is 23.2 Å². The third-order valence-corrected chi connectivity index (χ3v) is 5.74. The summed E-state index contributed by atoms with van der Waals surface area (Å²) in [5, 5.41) is 0. The van der Waals surface area contributed by atoms with Crippen molar-refractivity contribution < 1.29 is 13.9 Å². The average Bonchev–Trinajstić information content (AvgIpc) is 2.94. The predicted molar refractivity (Wildman–Crippen MR) is 88.8 cm³/mol. The topological polar surface area (TPSA) is 36.0 Å². The molecule has 0 N–H and O–H groups in total. The lowest BCUT2D eigenvalue weighted by atomic mass is 10.0. The molecule has 1 aromatic carbocycles. The lowest BCUT2D eigenvalue weighted by Gasteiger charge is -2.35. The van der Waals surface area contributed by atoms with Crippen molar-refractivity contribution in [3.8, 4) is 5.75 Å². The Balaban J connectivity index is 1.56. The number of nitrogens with zero attached hydrogens (tertiary/aromatic N) is 3. The van der Waals surface area contributed by atoms with Gasteiger partial charge in [0.15, 0.2) is 0 Å². The Morgan fingerprint density at radius 3 is 2.67 bits per heavy atom. The highest BCUT2D eigenvalue weighted by Crippen LogP contribution is 2.32. The third-order valence-electron chi connectivity index (χ3n) is 5.74. The molecule has 0 aliphatic carbocycles. The van der Waals surface area contributed by atoms with E-state index in [0.29, 0.717) is 17.4 Å². The molecule has 0 aromatic heterocycles. The largest absolute Gasteiger partial charge is 0.486 e. The second-order valence-corrected chi connectivity index (χ2v) is 7.27. The Hall–Kier alpha value is -1.66. The second-order valence-electron chi connectivity index (χ2n) is 7.27. The molecule has 0 bridgehead atoms. The summed E-state index contributed by atoms with van der Waals surface area (Å²) in [6.45, 7) is 3.85. The molecular weight excluding hydrogens is 309 g/mol. The number of carbonyl (C=O) groups is 1. The lowest BCUT2D eigenvalue weighted by Crippen LogP contribution is -2.45. The number of amides is 1. The molecule has 5 nitrogen and oxygen atoms in total. The first-order chi connectivity index (χ1) is 11.5. The van der Waals surface area contributed by atoms with Gasteiger partial charge in [-0.25, -0.2) is 4.39 Å². The molecule has 6 heteroatoms. The first kappa shape index (κ1) is 15.8.